The van der Waals surface area contributed by atoms with E-state index < -0.39 is 0 Å². The molecule has 0 amide bonds. The molecule has 7 aromatic carbocycles. The van der Waals surface area contributed by atoms with E-state index in [9.17, 15) is 0 Å². The topological polar surface area (TPSA) is 16.4 Å². The second kappa shape index (κ2) is 9.14. The molecule has 0 saturated heterocycles. The van der Waals surface area contributed by atoms with Gasteiger partial charge < -0.3 is 9.32 Å². The van der Waals surface area contributed by atoms with Gasteiger partial charge in [0.15, 0.2) is 0 Å². The Morgan fingerprint density at radius 1 is 0.375 bits per heavy atom. The number of anilines is 3. The van der Waals surface area contributed by atoms with Crippen LogP contribution in [0.3, 0.4) is 0 Å². The predicted octanol–water partition coefficient (Wildman–Crippen LogP) is 11.0. The van der Waals surface area contributed by atoms with Crippen LogP contribution >= 0.6 is 0 Å². The molecule has 0 aliphatic rings. The number of hydrogen-bond donors (Lipinski definition) is 0. The number of benzene rings is 7. The number of nitrogens with zero attached hydrogens (tertiary/aromatic N) is 1. The molecule has 8 rings (SSSR count). The minimum absolute atomic E-state index is 0.895. The molecule has 40 heavy (non-hydrogen) atoms. The van der Waals surface area contributed by atoms with Gasteiger partial charge in [-0.15, -0.1) is 0 Å². The summed E-state index contributed by atoms with van der Waals surface area (Å²) in [5.41, 5.74) is 7.52. The van der Waals surface area contributed by atoms with Crippen molar-refractivity contribution in [2.75, 3.05) is 4.90 Å². The van der Waals surface area contributed by atoms with Crippen LogP contribution < -0.4 is 4.90 Å². The lowest BCUT2D eigenvalue weighted by Crippen LogP contribution is -2.10. The molecule has 0 atom stereocenters. The van der Waals surface area contributed by atoms with Crippen molar-refractivity contribution in [2.45, 2.75) is 0 Å². The van der Waals surface area contributed by atoms with E-state index in [0.717, 1.165) is 44.4 Å². The number of fused-ring (bicyclic) bond motifs is 6. The SMILES string of the molecule is c1ccc(-c2cccc(N(c3ccc4ccccc4c3)c3ccc4oc5c6ccccc6ccc5c4c3)c2)cc1. The normalized spacial score (nSPS) is 11.5. The average Bonchev–Trinajstić information content (AvgIpc) is 3.40. The third kappa shape index (κ3) is 3.73. The van der Waals surface area contributed by atoms with Gasteiger partial charge in [-0.3, -0.25) is 0 Å². The summed E-state index contributed by atoms with van der Waals surface area (Å²) in [6, 6.07) is 53.9. The number of hydrogen-bond acceptors (Lipinski definition) is 2. The maximum Gasteiger partial charge on any atom is 0.143 e. The van der Waals surface area contributed by atoms with Crippen molar-refractivity contribution in [1.82, 2.24) is 0 Å². The van der Waals surface area contributed by atoms with Crippen molar-refractivity contribution in [2.24, 2.45) is 0 Å². The summed E-state index contributed by atoms with van der Waals surface area (Å²) in [4.78, 5) is 2.35. The van der Waals surface area contributed by atoms with Crippen molar-refractivity contribution < 1.29 is 4.42 Å². The van der Waals surface area contributed by atoms with Crippen molar-refractivity contribution in [3.8, 4) is 11.1 Å². The van der Waals surface area contributed by atoms with Gasteiger partial charge in [0.1, 0.15) is 11.2 Å². The largest absolute Gasteiger partial charge is 0.455 e. The lowest BCUT2D eigenvalue weighted by molar-refractivity contribution is 0.672. The van der Waals surface area contributed by atoms with Crippen LogP contribution in [0.5, 0.6) is 0 Å². The molecule has 188 valence electrons. The molecule has 1 aromatic heterocycles. The first-order valence-corrected chi connectivity index (χ1v) is 13.6. The molecule has 0 aliphatic heterocycles. The van der Waals surface area contributed by atoms with Gasteiger partial charge in [-0.05, 0) is 75.8 Å². The zero-order valence-corrected chi connectivity index (χ0v) is 21.8. The molecule has 0 aliphatic carbocycles. The Kier molecular flexibility index (Phi) is 5.17. The van der Waals surface area contributed by atoms with Gasteiger partial charge in [-0.2, -0.15) is 0 Å². The highest BCUT2D eigenvalue weighted by Gasteiger charge is 2.17. The second-order valence-electron chi connectivity index (χ2n) is 10.2. The lowest BCUT2D eigenvalue weighted by Gasteiger charge is -2.26. The van der Waals surface area contributed by atoms with Crippen molar-refractivity contribution >= 4 is 60.5 Å². The summed E-state index contributed by atoms with van der Waals surface area (Å²) in [6.07, 6.45) is 0. The minimum atomic E-state index is 0.895. The van der Waals surface area contributed by atoms with Crippen molar-refractivity contribution in [1.29, 1.82) is 0 Å². The van der Waals surface area contributed by atoms with E-state index in [1.54, 1.807) is 0 Å². The highest BCUT2D eigenvalue weighted by molar-refractivity contribution is 6.15. The van der Waals surface area contributed by atoms with Gasteiger partial charge in [0, 0.05) is 33.2 Å². The molecule has 0 spiro atoms. The minimum Gasteiger partial charge on any atom is -0.455 e. The summed E-state index contributed by atoms with van der Waals surface area (Å²) in [6.45, 7) is 0. The third-order valence-electron chi connectivity index (χ3n) is 7.81. The van der Waals surface area contributed by atoms with Crippen LogP contribution in [0.1, 0.15) is 0 Å². The fourth-order valence-corrected chi connectivity index (χ4v) is 5.85. The van der Waals surface area contributed by atoms with Gasteiger partial charge in [0.25, 0.3) is 0 Å². The Morgan fingerprint density at radius 2 is 1.05 bits per heavy atom. The summed E-state index contributed by atoms with van der Waals surface area (Å²) in [5, 5.41) is 7.01. The fraction of sp³-hybridized carbons (Fsp3) is 0. The lowest BCUT2D eigenvalue weighted by atomic mass is 10.0. The van der Waals surface area contributed by atoms with Crippen molar-refractivity contribution in [3.05, 3.63) is 152 Å². The molecule has 0 bridgehead atoms. The van der Waals surface area contributed by atoms with E-state index >= 15 is 0 Å². The van der Waals surface area contributed by atoms with Crippen LogP contribution in [0.2, 0.25) is 0 Å². The van der Waals surface area contributed by atoms with Gasteiger partial charge in [0.2, 0.25) is 0 Å². The Hall–Kier alpha value is -5.34. The van der Waals surface area contributed by atoms with Crippen LogP contribution in [0.4, 0.5) is 17.1 Å². The van der Waals surface area contributed by atoms with E-state index in [4.69, 9.17) is 4.42 Å². The maximum absolute atomic E-state index is 6.43. The summed E-state index contributed by atoms with van der Waals surface area (Å²) >= 11 is 0. The molecule has 8 aromatic rings. The van der Waals surface area contributed by atoms with Crippen LogP contribution in [0.15, 0.2) is 156 Å². The second-order valence-corrected chi connectivity index (χ2v) is 10.2. The summed E-state index contributed by atoms with van der Waals surface area (Å²) in [7, 11) is 0. The van der Waals surface area contributed by atoms with E-state index in [1.165, 1.54) is 27.3 Å². The Morgan fingerprint density at radius 3 is 1.95 bits per heavy atom. The molecular weight excluding hydrogens is 486 g/mol. The van der Waals surface area contributed by atoms with Gasteiger partial charge in [0.05, 0.1) is 0 Å². The molecule has 0 saturated carbocycles. The van der Waals surface area contributed by atoms with E-state index in [0.29, 0.717) is 0 Å². The molecule has 0 N–H and O–H groups in total. The zero-order chi connectivity index (χ0) is 26.5. The van der Waals surface area contributed by atoms with Crippen LogP contribution in [0, 0.1) is 0 Å². The molecule has 0 fully saturated rings. The first-order valence-electron chi connectivity index (χ1n) is 13.6. The molecule has 0 unspecified atom stereocenters. The fourth-order valence-electron chi connectivity index (χ4n) is 5.85. The van der Waals surface area contributed by atoms with Gasteiger partial charge in [-0.1, -0.05) is 103 Å². The maximum atomic E-state index is 6.43. The third-order valence-corrected chi connectivity index (χ3v) is 7.81. The standard InChI is InChI=1S/C38H25NO/c1-2-9-26(10-3-1)30-14-8-15-31(23-30)39(32-19-17-27-11-4-5-13-29(27)24-32)33-20-22-37-36(25-33)35-21-18-28-12-6-7-16-34(28)38(35)40-37/h1-25H. The molecule has 0 radical (unpaired) electrons. The first kappa shape index (κ1) is 22.6. The summed E-state index contributed by atoms with van der Waals surface area (Å²) < 4.78 is 6.43. The molecule has 2 nitrogen and oxygen atoms in total. The van der Waals surface area contributed by atoms with Crippen LogP contribution in [-0.2, 0) is 0 Å². The molecule has 1 heterocycles. The smallest absolute Gasteiger partial charge is 0.143 e. The highest BCUT2D eigenvalue weighted by atomic mass is 16.3. The van der Waals surface area contributed by atoms with Gasteiger partial charge >= 0.3 is 0 Å². The Labute approximate surface area is 232 Å². The van der Waals surface area contributed by atoms with Crippen molar-refractivity contribution in [3.63, 3.8) is 0 Å². The Balaban J connectivity index is 1.35. The van der Waals surface area contributed by atoms with E-state index in [1.807, 2.05) is 0 Å². The van der Waals surface area contributed by atoms with E-state index in [-0.39, 0.29) is 0 Å². The molecular formula is C38H25NO. The predicted molar refractivity (Wildman–Crippen MR) is 169 cm³/mol. The first-order chi connectivity index (χ1) is 19.8. The number of furan rings is 1. The monoisotopic (exact) mass is 511 g/mol. The van der Waals surface area contributed by atoms with Crippen LogP contribution in [0.25, 0.3) is 54.6 Å². The number of rotatable bonds is 4. The highest BCUT2D eigenvalue weighted by Crippen LogP contribution is 2.41. The average molecular weight is 512 g/mol. The summed E-state index contributed by atoms with van der Waals surface area (Å²) in [5.74, 6) is 0. The van der Waals surface area contributed by atoms with E-state index in [2.05, 4.69) is 157 Å². The van der Waals surface area contributed by atoms with Gasteiger partial charge in [-0.25, -0.2) is 0 Å². The quantitative estimate of drug-likeness (QED) is 0.234. The zero-order valence-electron chi connectivity index (χ0n) is 21.8. The van der Waals surface area contributed by atoms with Crippen LogP contribution in [-0.4, -0.2) is 0 Å². The molecule has 2 heteroatoms. The Bertz CT molecular complexity index is 2170.